The largest absolute Gasteiger partial charge is 0.389 e. The fourth-order valence-corrected chi connectivity index (χ4v) is 1.85. The van der Waals surface area contributed by atoms with Gasteiger partial charge in [-0.05, 0) is 38.0 Å². The molecule has 0 saturated carbocycles. The van der Waals surface area contributed by atoms with E-state index in [0.29, 0.717) is 0 Å². The average Bonchev–Trinajstić information content (AvgIpc) is 2.38. The molecule has 1 aromatic carbocycles. The van der Waals surface area contributed by atoms with E-state index >= 15 is 0 Å². The molecule has 0 aromatic heterocycles. The van der Waals surface area contributed by atoms with Crippen LogP contribution in [0.5, 0.6) is 0 Å². The zero-order valence-electron chi connectivity index (χ0n) is 9.16. The lowest BCUT2D eigenvalue weighted by molar-refractivity contribution is -0.119. The second-order valence-electron chi connectivity index (χ2n) is 4.56. The van der Waals surface area contributed by atoms with Gasteiger partial charge in [0.1, 0.15) is 0 Å². The maximum atomic E-state index is 11.7. The Balaban J connectivity index is 2.55. The molecule has 1 aliphatic heterocycles. The highest BCUT2D eigenvalue weighted by Crippen LogP contribution is 2.38. The van der Waals surface area contributed by atoms with Gasteiger partial charge in [0.15, 0.2) is 0 Å². The van der Waals surface area contributed by atoms with Crippen LogP contribution in [0.3, 0.4) is 0 Å². The molecular weight excluding hydrogens is 190 g/mol. The summed E-state index contributed by atoms with van der Waals surface area (Å²) >= 11 is 0. The molecule has 0 saturated heterocycles. The van der Waals surface area contributed by atoms with Crippen molar-refractivity contribution < 1.29 is 9.90 Å². The minimum Gasteiger partial charge on any atom is -0.389 e. The van der Waals surface area contributed by atoms with Crippen molar-refractivity contribution in [2.45, 2.75) is 32.3 Å². The standard InChI is InChI=1S/C12H15NO2/c1-7(14)8-4-5-10-9(6-8)12(2,3)11(15)13-10/h4-7,14H,1-3H3,(H,13,15)/t7-/m1/s1. The Morgan fingerprint density at radius 1 is 1.40 bits per heavy atom. The van der Waals surface area contributed by atoms with Crippen LogP contribution in [0.1, 0.15) is 38.0 Å². The Bertz CT molecular complexity index is 422. The summed E-state index contributed by atoms with van der Waals surface area (Å²) in [4.78, 5) is 11.7. The van der Waals surface area contributed by atoms with E-state index in [1.165, 1.54) is 0 Å². The Morgan fingerprint density at radius 3 is 2.67 bits per heavy atom. The summed E-state index contributed by atoms with van der Waals surface area (Å²) in [6, 6.07) is 5.59. The van der Waals surface area contributed by atoms with Crippen LogP contribution < -0.4 is 5.32 Å². The van der Waals surface area contributed by atoms with Gasteiger partial charge in [-0.2, -0.15) is 0 Å². The summed E-state index contributed by atoms with van der Waals surface area (Å²) in [5.41, 5.74) is 2.17. The number of benzene rings is 1. The Morgan fingerprint density at radius 2 is 2.07 bits per heavy atom. The van der Waals surface area contributed by atoms with E-state index in [0.717, 1.165) is 16.8 Å². The first kappa shape index (κ1) is 10.2. The first-order chi connectivity index (χ1) is 6.93. The van der Waals surface area contributed by atoms with E-state index in [-0.39, 0.29) is 5.91 Å². The molecule has 0 bridgehead atoms. The van der Waals surface area contributed by atoms with Gasteiger partial charge in [0.25, 0.3) is 0 Å². The molecule has 0 radical (unpaired) electrons. The smallest absolute Gasteiger partial charge is 0.234 e. The van der Waals surface area contributed by atoms with Gasteiger partial charge in [0.05, 0.1) is 11.5 Å². The van der Waals surface area contributed by atoms with Gasteiger partial charge in [-0.3, -0.25) is 4.79 Å². The number of hydrogen-bond donors (Lipinski definition) is 2. The first-order valence-corrected chi connectivity index (χ1v) is 5.07. The summed E-state index contributed by atoms with van der Waals surface area (Å²) in [5.74, 6) is 0.0141. The predicted molar refractivity (Wildman–Crippen MR) is 58.7 cm³/mol. The minimum atomic E-state index is -0.500. The quantitative estimate of drug-likeness (QED) is 0.736. The number of aliphatic hydroxyl groups excluding tert-OH is 1. The summed E-state index contributed by atoms with van der Waals surface area (Å²) in [6.07, 6.45) is -0.498. The number of nitrogens with one attached hydrogen (secondary N) is 1. The summed E-state index contributed by atoms with van der Waals surface area (Å²) in [5, 5.41) is 12.3. The van der Waals surface area contributed by atoms with Gasteiger partial charge in [0, 0.05) is 5.69 Å². The molecule has 3 nitrogen and oxygen atoms in total. The van der Waals surface area contributed by atoms with Gasteiger partial charge in [0.2, 0.25) is 5.91 Å². The number of carbonyl (C=O) groups is 1. The van der Waals surface area contributed by atoms with Gasteiger partial charge in [-0.1, -0.05) is 12.1 Å². The highest BCUT2D eigenvalue weighted by molar-refractivity contribution is 6.05. The summed E-state index contributed by atoms with van der Waals surface area (Å²) < 4.78 is 0. The van der Waals surface area contributed by atoms with Crippen molar-refractivity contribution in [3.05, 3.63) is 29.3 Å². The third-order valence-corrected chi connectivity index (χ3v) is 3.02. The fourth-order valence-electron chi connectivity index (χ4n) is 1.85. The third-order valence-electron chi connectivity index (χ3n) is 3.02. The Kier molecular flexibility index (Phi) is 2.08. The van der Waals surface area contributed by atoms with Crippen LogP contribution in [0.15, 0.2) is 18.2 Å². The van der Waals surface area contributed by atoms with E-state index in [1.807, 2.05) is 32.0 Å². The van der Waals surface area contributed by atoms with Crippen LogP contribution >= 0.6 is 0 Å². The molecule has 2 rings (SSSR count). The van der Waals surface area contributed by atoms with E-state index in [2.05, 4.69) is 5.32 Å². The third kappa shape index (κ3) is 1.43. The molecule has 1 aliphatic rings. The van der Waals surface area contributed by atoms with E-state index in [4.69, 9.17) is 0 Å². The van der Waals surface area contributed by atoms with Gasteiger partial charge < -0.3 is 10.4 Å². The second kappa shape index (κ2) is 3.07. The van der Waals surface area contributed by atoms with Gasteiger partial charge in [-0.15, -0.1) is 0 Å². The number of carbonyl (C=O) groups excluding carboxylic acids is 1. The molecule has 1 aromatic rings. The van der Waals surface area contributed by atoms with Crippen LogP contribution in [-0.4, -0.2) is 11.0 Å². The van der Waals surface area contributed by atoms with Crippen LogP contribution in [0.2, 0.25) is 0 Å². The average molecular weight is 205 g/mol. The zero-order chi connectivity index (χ0) is 11.2. The normalized spacial score (nSPS) is 19.6. The molecular formula is C12H15NO2. The molecule has 0 spiro atoms. The topological polar surface area (TPSA) is 49.3 Å². The second-order valence-corrected chi connectivity index (χ2v) is 4.56. The molecule has 80 valence electrons. The van der Waals surface area contributed by atoms with Crippen molar-refractivity contribution in [3.8, 4) is 0 Å². The molecule has 0 fully saturated rings. The van der Waals surface area contributed by atoms with Crippen LogP contribution in [-0.2, 0) is 10.2 Å². The lowest BCUT2D eigenvalue weighted by atomic mass is 9.85. The highest BCUT2D eigenvalue weighted by atomic mass is 16.3. The van der Waals surface area contributed by atoms with Crippen molar-refractivity contribution in [2.75, 3.05) is 5.32 Å². The summed E-state index contributed by atoms with van der Waals surface area (Å²) in [7, 11) is 0. The molecule has 0 aliphatic carbocycles. The number of anilines is 1. The van der Waals surface area contributed by atoms with Crippen LogP contribution in [0.25, 0.3) is 0 Å². The maximum Gasteiger partial charge on any atom is 0.234 e. The van der Waals surface area contributed by atoms with Crippen molar-refractivity contribution >= 4 is 11.6 Å². The van der Waals surface area contributed by atoms with Crippen LogP contribution in [0, 0.1) is 0 Å². The number of amides is 1. The Hall–Kier alpha value is -1.35. The minimum absolute atomic E-state index is 0.0141. The molecule has 1 heterocycles. The number of rotatable bonds is 1. The van der Waals surface area contributed by atoms with Crippen molar-refractivity contribution in [1.82, 2.24) is 0 Å². The monoisotopic (exact) mass is 205 g/mol. The van der Waals surface area contributed by atoms with Crippen molar-refractivity contribution in [2.24, 2.45) is 0 Å². The van der Waals surface area contributed by atoms with E-state index < -0.39 is 11.5 Å². The fraction of sp³-hybridized carbons (Fsp3) is 0.417. The molecule has 15 heavy (non-hydrogen) atoms. The lowest BCUT2D eigenvalue weighted by Crippen LogP contribution is -2.26. The molecule has 2 N–H and O–H groups in total. The molecule has 3 heteroatoms. The van der Waals surface area contributed by atoms with Crippen LogP contribution in [0.4, 0.5) is 5.69 Å². The molecule has 1 amide bonds. The van der Waals surface area contributed by atoms with E-state index in [9.17, 15) is 9.90 Å². The lowest BCUT2D eigenvalue weighted by Gasteiger charge is -2.16. The predicted octanol–water partition coefficient (Wildman–Crippen LogP) is 1.97. The SMILES string of the molecule is C[C@@H](O)c1ccc2c(c1)C(C)(C)C(=O)N2. The Labute approximate surface area is 89.1 Å². The molecule has 0 unspecified atom stereocenters. The number of fused-ring (bicyclic) bond motifs is 1. The first-order valence-electron chi connectivity index (χ1n) is 5.07. The van der Waals surface area contributed by atoms with E-state index in [1.54, 1.807) is 6.92 Å². The zero-order valence-corrected chi connectivity index (χ0v) is 9.16. The van der Waals surface area contributed by atoms with Crippen molar-refractivity contribution in [3.63, 3.8) is 0 Å². The summed E-state index contributed by atoms with van der Waals surface area (Å²) in [6.45, 7) is 5.50. The number of hydrogen-bond acceptors (Lipinski definition) is 2. The van der Waals surface area contributed by atoms with Gasteiger partial charge >= 0.3 is 0 Å². The van der Waals surface area contributed by atoms with Crippen molar-refractivity contribution in [1.29, 1.82) is 0 Å². The number of aliphatic hydroxyl groups is 1. The van der Waals surface area contributed by atoms with Gasteiger partial charge in [-0.25, -0.2) is 0 Å². The maximum absolute atomic E-state index is 11.7. The highest BCUT2D eigenvalue weighted by Gasteiger charge is 2.38. The molecule has 1 atom stereocenters.